The van der Waals surface area contributed by atoms with Crippen LogP contribution in [0.2, 0.25) is 10.0 Å². The number of hydrogen-bond donors (Lipinski definition) is 0. The summed E-state index contributed by atoms with van der Waals surface area (Å²) in [6, 6.07) is 4.75. The van der Waals surface area contributed by atoms with Crippen molar-refractivity contribution in [3.8, 4) is 0 Å². The summed E-state index contributed by atoms with van der Waals surface area (Å²) >= 11 is 12.9. The van der Waals surface area contributed by atoms with E-state index in [4.69, 9.17) is 23.2 Å². The van der Waals surface area contributed by atoms with Crippen LogP contribution < -0.4 is 0 Å². The van der Waals surface area contributed by atoms with E-state index in [1.807, 2.05) is 0 Å². The van der Waals surface area contributed by atoms with Crippen molar-refractivity contribution in [3.05, 3.63) is 51.0 Å². The minimum atomic E-state index is -0.195. The van der Waals surface area contributed by atoms with Crippen LogP contribution in [0.3, 0.4) is 0 Å². The molecule has 17 heavy (non-hydrogen) atoms. The first kappa shape index (κ1) is 12.2. The van der Waals surface area contributed by atoms with Crippen LogP contribution in [0.25, 0.3) is 6.08 Å². The van der Waals surface area contributed by atoms with Gasteiger partial charge in [0.25, 0.3) is 0 Å². The molecule has 0 amide bonds. The van der Waals surface area contributed by atoms with Gasteiger partial charge in [-0.05, 0) is 41.9 Å². The highest BCUT2D eigenvalue weighted by Gasteiger charge is 2.07. The maximum absolute atomic E-state index is 11.8. The minimum absolute atomic E-state index is 0.195. The van der Waals surface area contributed by atoms with E-state index in [9.17, 15) is 4.79 Å². The number of hydrogen-bond acceptors (Lipinski definition) is 4. The summed E-state index contributed by atoms with van der Waals surface area (Å²) in [5, 5.41) is 6.37. The SMILES string of the molecule is O=C(C=Cc1csnn1)c1ccc(Cl)cc1Cl. The maximum Gasteiger partial charge on any atom is 0.187 e. The number of carbonyl (C=O) groups excluding carboxylic acids is 1. The van der Waals surface area contributed by atoms with Crippen molar-refractivity contribution in [3.63, 3.8) is 0 Å². The van der Waals surface area contributed by atoms with Gasteiger partial charge in [0.2, 0.25) is 0 Å². The van der Waals surface area contributed by atoms with Crippen molar-refractivity contribution in [1.82, 2.24) is 9.59 Å². The molecule has 0 spiro atoms. The lowest BCUT2D eigenvalue weighted by Gasteiger charge is -1.99. The first-order chi connectivity index (χ1) is 8.16. The molecule has 0 aliphatic rings. The molecule has 1 aromatic heterocycles. The van der Waals surface area contributed by atoms with E-state index < -0.39 is 0 Å². The van der Waals surface area contributed by atoms with Crippen LogP contribution >= 0.6 is 34.7 Å². The highest BCUT2D eigenvalue weighted by atomic mass is 35.5. The van der Waals surface area contributed by atoms with Crippen molar-refractivity contribution >= 4 is 46.6 Å². The van der Waals surface area contributed by atoms with Gasteiger partial charge >= 0.3 is 0 Å². The molecule has 0 aliphatic heterocycles. The monoisotopic (exact) mass is 284 g/mol. The van der Waals surface area contributed by atoms with Gasteiger partial charge in [-0.3, -0.25) is 4.79 Å². The number of benzene rings is 1. The first-order valence-electron chi connectivity index (χ1n) is 4.61. The Morgan fingerprint density at radius 2 is 2.18 bits per heavy atom. The number of ketones is 1. The second kappa shape index (κ2) is 5.40. The Hall–Kier alpha value is -1.23. The Morgan fingerprint density at radius 1 is 1.35 bits per heavy atom. The zero-order chi connectivity index (χ0) is 12.3. The molecule has 0 saturated carbocycles. The topological polar surface area (TPSA) is 42.9 Å². The van der Waals surface area contributed by atoms with Crippen LogP contribution in [0.15, 0.2) is 29.7 Å². The fourth-order valence-electron chi connectivity index (χ4n) is 1.18. The molecule has 6 heteroatoms. The maximum atomic E-state index is 11.8. The lowest BCUT2D eigenvalue weighted by Crippen LogP contribution is -1.95. The summed E-state index contributed by atoms with van der Waals surface area (Å²) < 4.78 is 3.69. The number of nitrogens with zero attached hydrogens (tertiary/aromatic N) is 2. The Morgan fingerprint density at radius 3 is 2.82 bits per heavy atom. The molecular formula is C11H6Cl2N2OS. The van der Waals surface area contributed by atoms with Crippen molar-refractivity contribution < 1.29 is 4.79 Å². The Balaban J connectivity index is 2.20. The van der Waals surface area contributed by atoms with Crippen LogP contribution in [0.1, 0.15) is 16.1 Å². The van der Waals surface area contributed by atoms with Crippen LogP contribution in [0.5, 0.6) is 0 Å². The molecule has 0 radical (unpaired) electrons. The third-order valence-corrected chi connectivity index (χ3v) is 3.05. The standard InChI is InChI=1S/C11H6Cl2N2OS/c12-7-1-3-9(10(13)5-7)11(16)4-2-8-6-17-15-14-8/h1-6H. The normalized spacial score (nSPS) is 10.9. The fourth-order valence-corrected chi connectivity index (χ4v) is 2.11. The third kappa shape index (κ3) is 3.12. The average molecular weight is 285 g/mol. The van der Waals surface area contributed by atoms with E-state index in [1.165, 1.54) is 23.7 Å². The molecule has 2 rings (SSSR count). The molecular weight excluding hydrogens is 279 g/mol. The highest BCUT2D eigenvalue weighted by molar-refractivity contribution is 7.03. The first-order valence-corrected chi connectivity index (χ1v) is 6.20. The lowest BCUT2D eigenvalue weighted by atomic mass is 10.1. The molecule has 2 aromatic rings. The van der Waals surface area contributed by atoms with Gasteiger partial charge in [-0.25, -0.2) is 0 Å². The molecule has 1 aromatic carbocycles. The van der Waals surface area contributed by atoms with Gasteiger partial charge in [0, 0.05) is 16.0 Å². The Kier molecular flexibility index (Phi) is 3.89. The minimum Gasteiger partial charge on any atom is -0.289 e. The predicted molar refractivity (Wildman–Crippen MR) is 69.7 cm³/mol. The van der Waals surface area contributed by atoms with Gasteiger partial charge in [-0.2, -0.15) is 0 Å². The van der Waals surface area contributed by atoms with Crippen molar-refractivity contribution in [2.75, 3.05) is 0 Å². The summed E-state index contributed by atoms with van der Waals surface area (Å²) in [7, 11) is 0. The van der Waals surface area contributed by atoms with E-state index in [2.05, 4.69) is 9.59 Å². The summed E-state index contributed by atoms with van der Waals surface area (Å²) in [6.07, 6.45) is 3.00. The second-order valence-corrected chi connectivity index (χ2v) is 4.60. The van der Waals surface area contributed by atoms with Gasteiger partial charge in [-0.1, -0.05) is 27.7 Å². The Labute approximate surface area is 112 Å². The number of aromatic nitrogens is 2. The van der Waals surface area contributed by atoms with E-state index >= 15 is 0 Å². The summed E-state index contributed by atoms with van der Waals surface area (Å²) in [6.45, 7) is 0. The third-order valence-electron chi connectivity index (χ3n) is 1.98. The predicted octanol–water partition coefficient (Wildman–Crippen LogP) is 3.74. The van der Waals surface area contributed by atoms with Crippen LogP contribution in [0, 0.1) is 0 Å². The van der Waals surface area contributed by atoms with E-state index in [-0.39, 0.29) is 5.78 Å². The molecule has 86 valence electrons. The molecule has 0 N–H and O–H groups in total. The largest absolute Gasteiger partial charge is 0.289 e. The average Bonchev–Trinajstić information content (AvgIpc) is 2.78. The molecule has 0 fully saturated rings. The Bertz CT molecular complexity index is 567. The van der Waals surface area contributed by atoms with E-state index in [0.29, 0.717) is 21.3 Å². The van der Waals surface area contributed by atoms with Crippen LogP contribution in [0.4, 0.5) is 0 Å². The molecule has 0 atom stereocenters. The fraction of sp³-hybridized carbons (Fsp3) is 0. The van der Waals surface area contributed by atoms with Gasteiger partial charge in [0.1, 0.15) is 0 Å². The zero-order valence-corrected chi connectivity index (χ0v) is 10.8. The number of allylic oxidation sites excluding steroid dienone is 1. The summed E-state index contributed by atoms with van der Waals surface area (Å²) in [4.78, 5) is 11.8. The lowest BCUT2D eigenvalue weighted by molar-refractivity contribution is 0.104. The number of halogens is 2. The van der Waals surface area contributed by atoms with Gasteiger partial charge < -0.3 is 0 Å². The van der Waals surface area contributed by atoms with Crippen LogP contribution in [-0.4, -0.2) is 15.4 Å². The van der Waals surface area contributed by atoms with Crippen molar-refractivity contribution in [2.45, 2.75) is 0 Å². The molecule has 0 bridgehead atoms. The van der Waals surface area contributed by atoms with E-state index in [1.54, 1.807) is 23.6 Å². The summed E-state index contributed by atoms with van der Waals surface area (Å²) in [5.74, 6) is -0.195. The highest BCUT2D eigenvalue weighted by Crippen LogP contribution is 2.21. The number of rotatable bonds is 3. The quantitative estimate of drug-likeness (QED) is 0.637. The molecule has 0 aliphatic carbocycles. The van der Waals surface area contributed by atoms with Gasteiger partial charge in [0.15, 0.2) is 5.78 Å². The van der Waals surface area contributed by atoms with Gasteiger partial charge in [0.05, 0.1) is 10.7 Å². The zero-order valence-electron chi connectivity index (χ0n) is 8.43. The second-order valence-electron chi connectivity index (χ2n) is 3.15. The van der Waals surface area contributed by atoms with Crippen molar-refractivity contribution in [1.29, 1.82) is 0 Å². The number of carbonyl (C=O) groups is 1. The molecule has 0 unspecified atom stereocenters. The molecule has 1 heterocycles. The van der Waals surface area contributed by atoms with Crippen molar-refractivity contribution in [2.24, 2.45) is 0 Å². The smallest absolute Gasteiger partial charge is 0.187 e. The van der Waals surface area contributed by atoms with Gasteiger partial charge in [-0.15, -0.1) is 5.10 Å². The van der Waals surface area contributed by atoms with Crippen LogP contribution in [-0.2, 0) is 0 Å². The van der Waals surface area contributed by atoms with E-state index in [0.717, 1.165) is 0 Å². The summed E-state index contributed by atoms with van der Waals surface area (Å²) in [5.41, 5.74) is 1.06. The molecule has 0 saturated heterocycles. The molecule has 3 nitrogen and oxygen atoms in total.